The number of nitrogens with two attached hydrogens (primary N) is 1. The lowest BCUT2D eigenvalue weighted by Gasteiger charge is -2.05. The quantitative estimate of drug-likeness (QED) is 0.548. The van der Waals surface area contributed by atoms with Crippen molar-refractivity contribution in [3.63, 3.8) is 0 Å². The van der Waals surface area contributed by atoms with Crippen LogP contribution in [0.25, 0.3) is 28.1 Å². The van der Waals surface area contributed by atoms with Crippen molar-refractivity contribution in [2.45, 2.75) is 0 Å². The normalized spacial score (nSPS) is 11.3. The standard InChI is InChI=1S/C15H10ClN5/c16-10-6-5-9(7-11(10)17)15-20-19-14-8-18-12-3-1-2-4-13(12)21(14)15/h1-8H,17H2. The summed E-state index contributed by atoms with van der Waals surface area (Å²) in [4.78, 5) is 4.38. The third-order valence-corrected chi connectivity index (χ3v) is 3.73. The van der Waals surface area contributed by atoms with Gasteiger partial charge in [-0.15, -0.1) is 10.2 Å². The van der Waals surface area contributed by atoms with E-state index in [1.54, 1.807) is 18.3 Å². The summed E-state index contributed by atoms with van der Waals surface area (Å²) in [6.45, 7) is 0. The number of hydrogen-bond acceptors (Lipinski definition) is 4. The van der Waals surface area contributed by atoms with E-state index < -0.39 is 0 Å². The van der Waals surface area contributed by atoms with Crippen molar-refractivity contribution in [1.82, 2.24) is 19.6 Å². The number of hydrogen-bond donors (Lipinski definition) is 1. The fourth-order valence-corrected chi connectivity index (χ4v) is 2.49. The molecule has 0 aliphatic rings. The van der Waals surface area contributed by atoms with Gasteiger partial charge in [-0.3, -0.25) is 9.38 Å². The molecule has 2 N–H and O–H groups in total. The van der Waals surface area contributed by atoms with Crippen LogP contribution < -0.4 is 5.73 Å². The molecule has 0 bridgehead atoms. The van der Waals surface area contributed by atoms with Crippen LogP contribution in [0.3, 0.4) is 0 Å². The third kappa shape index (κ3) is 1.82. The number of fused-ring (bicyclic) bond motifs is 3. The Balaban J connectivity index is 2.09. The number of halogens is 1. The minimum absolute atomic E-state index is 0.518. The highest BCUT2D eigenvalue weighted by Crippen LogP contribution is 2.27. The van der Waals surface area contributed by atoms with Crippen LogP contribution in [0.1, 0.15) is 0 Å². The monoisotopic (exact) mass is 295 g/mol. The van der Waals surface area contributed by atoms with Gasteiger partial charge >= 0.3 is 0 Å². The van der Waals surface area contributed by atoms with Gasteiger partial charge in [0, 0.05) is 5.56 Å². The number of anilines is 1. The zero-order chi connectivity index (χ0) is 14.4. The van der Waals surface area contributed by atoms with Gasteiger partial charge in [-0.25, -0.2) is 0 Å². The molecule has 21 heavy (non-hydrogen) atoms. The lowest BCUT2D eigenvalue weighted by atomic mass is 10.2. The molecule has 0 amide bonds. The van der Waals surface area contributed by atoms with Gasteiger partial charge in [-0.1, -0.05) is 23.7 Å². The summed E-state index contributed by atoms with van der Waals surface area (Å²) >= 11 is 5.98. The second-order valence-electron chi connectivity index (χ2n) is 4.70. The lowest BCUT2D eigenvalue weighted by Crippen LogP contribution is -1.95. The van der Waals surface area contributed by atoms with Crippen molar-refractivity contribution >= 4 is 34.0 Å². The van der Waals surface area contributed by atoms with E-state index in [0.29, 0.717) is 22.2 Å². The maximum atomic E-state index is 5.98. The predicted octanol–water partition coefficient (Wildman–Crippen LogP) is 3.18. The van der Waals surface area contributed by atoms with E-state index in [2.05, 4.69) is 15.2 Å². The molecule has 0 unspecified atom stereocenters. The molecule has 5 nitrogen and oxygen atoms in total. The number of benzene rings is 2. The second kappa shape index (κ2) is 4.43. The van der Waals surface area contributed by atoms with Crippen molar-refractivity contribution in [3.05, 3.63) is 53.7 Å². The van der Waals surface area contributed by atoms with Crippen LogP contribution in [-0.4, -0.2) is 19.6 Å². The molecule has 0 saturated heterocycles. The highest BCUT2D eigenvalue weighted by atomic mass is 35.5. The van der Waals surface area contributed by atoms with Gasteiger partial charge in [0.05, 0.1) is 27.9 Å². The van der Waals surface area contributed by atoms with E-state index >= 15 is 0 Å². The van der Waals surface area contributed by atoms with Crippen LogP contribution in [-0.2, 0) is 0 Å². The summed E-state index contributed by atoms with van der Waals surface area (Å²) in [7, 11) is 0. The van der Waals surface area contributed by atoms with Crippen molar-refractivity contribution < 1.29 is 0 Å². The molecule has 0 aliphatic heterocycles. The van der Waals surface area contributed by atoms with E-state index in [9.17, 15) is 0 Å². The zero-order valence-electron chi connectivity index (χ0n) is 10.9. The van der Waals surface area contributed by atoms with Crippen molar-refractivity contribution in [1.29, 1.82) is 0 Å². The van der Waals surface area contributed by atoms with E-state index in [4.69, 9.17) is 17.3 Å². The molecule has 4 aromatic rings. The van der Waals surface area contributed by atoms with Crippen LogP contribution in [0, 0.1) is 0 Å². The minimum Gasteiger partial charge on any atom is -0.398 e. The van der Waals surface area contributed by atoms with Gasteiger partial charge in [-0.2, -0.15) is 0 Å². The molecular formula is C15H10ClN5. The summed E-state index contributed by atoms with van der Waals surface area (Å²) < 4.78 is 1.96. The maximum Gasteiger partial charge on any atom is 0.180 e. The van der Waals surface area contributed by atoms with Crippen LogP contribution in [0.2, 0.25) is 5.02 Å². The van der Waals surface area contributed by atoms with E-state index in [0.717, 1.165) is 16.6 Å². The van der Waals surface area contributed by atoms with E-state index in [-0.39, 0.29) is 0 Å². The first kappa shape index (κ1) is 12.1. The van der Waals surface area contributed by atoms with Gasteiger partial charge < -0.3 is 5.73 Å². The Hall–Kier alpha value is -2.66. The van der Waals surface area contributed by atoms with E-state index in [1.165, 1.54) is 0 Å². The van der Waals surface area contributed by atoms with E-state index in [1.807, 2.05) is 34.7 Å². The molecule has 102 valence electrons. The predicted molar refractivity (Wildman–Crippen MR) is 83.1 cm³/mol. The molecule has 0 aliphatic carbocycles. The van der Waals surface area contributed by atoms with Gasteiger partial charge in [0.2, 0.25) is 0 Å². The van der Waals surface area contributed by atoms with Gasteiger partial charge in [0.15, 0.2) is 11.5 Å². The summed E-state index contributed by atoms with van der Waals surface area (Å²) in [5.74, 6) is 0.715. The third-order valence-electron chi connectivity index (χ3n) is 3.38. The summed E-state index contributed by atoms with van der Waals surface area (Å²) in [6, 6.07) is 13.3. The molecule has 0 atom stereocenters. The molecule has 2 aromatic heterocycles. The van der Waals surface area contributed by atoms with Crippen molar-refractivity contribution in [2.75, 3.05) is 5.73 Å². The summed E-state index contributed by atoms with van der Waals surface area (Å²) in [6.07, 6.45) is 1.71. The molecule has 0 saturated carbocycles. The zero-order valence-corrected chi connectivity index (χ0v) is 11.6. The number of rotatable bonds is 1. The number of nitrogen functional groups attached to an aromatic ring is 1. The number of aromatic nitrogens is 4. The molecule has 0 spiro atoms. The first-order valence-electron chi connectivity index (χ1n) is 6.38. The summed E-state index contributed by atoms with van der Waals surface area (Å²) in [5.41, 5.74) is 9.78. The highest BCUT2D eigenvalue weighted by Gasteiger charge is 2.12. The number of nitrogens with zero attached hydrogens (tertiary/aromatic N) is 4. The Morgan fingerprint density at radius 1 is 1.05 bits per heavy atom. The average molecular weight is 296 g/mol. The Bertz CT molecular complexity index is 976. The second-order valence-corrected chi connectivity index (χ2v) is 5.11. The van der Waals surface area contributed by atoms with Gasteiger partial charge in [0.1, 0.15) is 0 Å². The minimum atomic E-state index is 0.518. The molecule has 2 aromatic carbocycles. The fraction of sp³-hybridized carbons (Fsp3) is 0. The highest BCUT2D eigenvalue weighted by molar-refractivity contribution is 6.33. The van der Waals surface area contributed by atoms with Gasteiger partial charge in [0.25, 0.3) is 0 Å². The van der Waals surface area contributed by atoms with Crippen LogP contribution in [0.15, 0.2) is 48.7 Å². The fourth-order valence-electron chi connectivity index (χ4n) is 2.38. The van der Waals surface area contributed by atoms with Crippen molar-refractivity contribution in [3.8, 4) is 11.4 Å². The molecule has 0 radical (unpaired) electrons. The molecule has 4 rings (SSSR count). The largest absolute Gasteiger partial charge is 0.398 e. The number of para-hydroxylation sites is 2. The van der Waals surface area contributed by atoms with Crippen LogP contribution in [0.5, 0.6) is 0 Å². The molecule has 2 heterocycles. The van der Waals surface area contributed by atoms with Crippen molar-refractivity contribution in [2.24, 2.45) is 0 Å². The maximum absolute atomic E-state index is 5.98. The lowest BCUT2D eigenvalue weighted by molar-refractivity contribution is 1.12. The molecule has 6 heteroatoms. The summed E-state index contributed by atoms with van der Waals surface area (Å²) in [5, 5.41) is 8.96. The first-order chi connectivity index (χ1) is 10.2. The van der Waals surface area contributed by atoms with Crippen LogP contribution in [0.4, 0.5) is 5.69 Å². The molecule has 0 fully saturated rings. The Morgan fingerprint density at radius 2 is 1.90 bits per heavy atom. The van der Waals surface area contributed by atoms with Gasteiger partial charge in [-0.05, 0) is 30.3 Å². The topological polar surface area (TPSA) is 69.1 Å². The Morgan fingerprint density at radius 3 is 2.76 bits per heavy atom. The Kier molecular flexibility index (Phi) is 2.55. The smallest absolute Gasteiger partial charge is 0.180 e. The first-order valence-corrected chi connectivity index (χ1v) is 6.76. The molecular weight excluding hydrogens is 286 g/mol. The Labute approximate surface area is 125 Å². The SMILES string of the molecule is Nc1cc(-c2nnc3cnc4ccccc4n23)ccc1Cl. The van der Waals surface area contributed by atoms with Crippen LogP contribution >= 0.6 is 11.6 Å². The average Bonchev–Trinajstić information content (AvgIpc) is 2.94.